The minimum atomic E-state index is -0.527. The molecule has 2 heterocycles. The molecule has 0 saturated heterocycles. The molecule has 4 rings (SSSR count). The van der Waals surface area contributed by atoms with Crippen molar-refractivity contribution in [3.05, 3.63) is 92.1 Å². The second-order valence-electron chi connectivity index (χ2n) is 8.56. The van der Waals surface area contributed by atoms with Crippen LogP contribution in [-0.2, 0) is 0 Å². The molecule has 0 bridgehead atoms. The highest BCUT2D eigenvalue weighted by Gasteiger charge is 2.17. The lowest BCUT2D eigenvalue weighted by Crippen LogP contribution is -2.18. The van der Waals surface area contributed by atoms with E-state index in [9.17, 15) is 9.18 Å². The van der Waals surface area contributed by atoms with Crippen molar-refractivity contribution in [2.45, 2.75) is 40.7 Å². The summed E-state index contributed by atoms with van der Waals surface area (Å²) in [5.74, 6) is -0.0323. The van der Waals surface area contributed by atoms with Crippen LogP contribution in [0.25, 0.3) is 28.2 Å². The van der Waals surface area contributed by atoms with Gasteiger partial charge in [-0.05, 0) is 99.4 Å². The molecule has 0 unspecified atom stereocenters. The third kappa shape index (κ3) is 4.73. The van der Waals surface area contributed by atoms with Crippen molar-refractivity contribution >= 4 is 34.2 Å². The van der Waals surface area contributed by atoms with Gasteiger partial charge in [-0.1, -0.05) is 11.6 Å². The minimum absolute atomic E-state index is 0.0110. The normalized spacial score (nSPS) is 11.9. The van der Waals surface area contributed by atoms with E-state index in [0.29, 0.717) is 22.4 Å². The van der Waals surface area contributed by atoms with Gasteiger partial charge in [0, 0.05) is 17.3 Å². The summed E-state index contributed by atoms with van der Waals surface area (Å²) in [6.45, 7) is 9.55. The van der Waals surface area contributed by atoms with Gasteiger partial charge in [0.05, 0.1) is 17.0 Å². The van der Waals surface area contributed by atoms with Gasteiger partial charge >= 0.3 is 0 Å². The quantitative estimate of drug-likeness (QED) is 0.327. The summed E-state index contributed by atoms with van der Waals surface area (Å²) in [5, 5.41) is 5.36. The number of rotatable bonds is 5. The maximum atomic E-state index is 14.9. The highest BCUT2D eigenvalue weighted by molar-refractivity contribution is 6.30. The molecule has 0 amide bonds. The van der Waals surface area contributed by atoms with Crippen LogP contribution in [0.5, 0.6) is 5.88 Å². The van der Waals surface area contributed by atoms with Gasteiger partial charge in [-0.2, -0.15) is 5.10 Å². The van der Waals surface area contributed by atoms with Crippen molar-refractivity contribution in [1.82, 2.24) is 14.8 Å². The third-order valence-corrected chi connectivity index (χ3v) is 5.74. The fourth-order valence-corrected chi connectivity index (χ4v) is 3.88. The fraction of sp³-hybridized carbons (Fsp3) is 0.222. The van der Waals surface area contributed by atoms with E-state index in [4.69, 9.17) is 16.3 Å². The van der Waals surface area contributed by atoms with Crippen LogP contribution in [0.15, 0.2) is 53.5 Å². The van der Waals surface area contributed by atoms with Crippen molar-refractivity contribution in [2.75, 3.05) is 0 Å². The molecule has 7 heteroatoms. The Morgan fingerprint density at radius 2 is 1.85 bits per heavy atom. The van der Waals surface area contributed by atoms with Crippen LogP contribution in [0, 0.1) is 19.7 Å². The molecular weight excluding hydrogens is 453 g/mol. The Labute approximate surface area is 202 Å². The Morgan fingerprint density at radius 3 is 2.56 bits per heavy atom. The Balaban J connectivity index is 1.95. The highest BCUT2D eigenvalue weighted by Crippen LogP contribution is 2.25. The molecule has 5 nitrogen and oxygen atoms in total. The Hall–Kier alpha value is -3.51. The summed E-state index contributed by atoms with van der Waals surface area (Å²) in [4.78, 5) is 17.7. The molecule has 0 spiro atoms. The number of fused-ring (bicyclic) bond motifs is 1. The molecule has 4 aromatic rings. The van der Waals surface area contributed by atoms with Crippen molar-refractivity contribution in [1.29, 1.82) is 0 Å². The average molecular weight is 478 g/mol. The lowest BCUT2D eigenvalue weighted by molar-refractivity contribution is 0.232. The van der Waals surface area contributed by atoms with Gasteiger partial charge in [0.2, 0.25) is 11.3 Å². The second-order valence-corrected chi connectivity index (χ2v) is 9.00. The summed E-state index contributed by atoms with van der Waals surface area (Å²) in [7, 11) is 0. The monoisotopic (exact) mass is 477 g/mol. The van der Waals surface area contributed by atoms with Crippen molar-refractivity contribution < 1.29 is 9.13 Å². The number of halogens is 2. The van der Waals surface area contributed by atoms with E-state index in [-0.39, 0.29) is 27.9 Å². The van der Waals surface area contributed by atoms with Crippen LogP contribution in [-0.4, -0.2) is 20.9 Å². The van der Waals surface area contributed by atoms with Gasteiger partial charge in [-0.25, -0.2) is 14.1 Å². The zero-order valence-electron chi connectivity index (χ0n) is 19.7. The minimum Gasteiger partial charge on any atom is -0.475 e. The summed E-state index contributed by atoms with van der Waals surface area (Å²) in [5.41, 5.74) is 4.15. The molecule has 0 radical (unpaired) electrons. The number of benzene rings is 2. The topological polar surface area (TPSA) is 57.0 Å². The van der Waals surface area contributed by atoms with Gasteiger partial charge in [0.15, 0.2) is 0 Å². The van der Waals surface area contributed by atoms with Crippen LogP contribution < -0.4 is 10.2 Å². The maximum Gasteiger partial charge on any atom is 0.215 e. The Morgan fingerprint density at radius 1 is 1.12 bits per heavy atom. The number of nitrogens with zero attached hydrogens (tertiary/aromatic N) is 3. The third-order valence-electron chi connectivity index (χ3n) is 5.51. The van der Waals surface area contributed by atoms with Crippen molar-refractivity contribution in [2.24, 2.45) is 0 Å². The summed E-state index contributed by atoms with van der Waals surface area (Å²) >= 11 is 5.97. The van der Waals surface area contributed by atoms with E-state index < -0.39 is 5.82 Å². The first-order chi connectivity index (χ1) is 16.1. The molecule has 0 aliphatic rings. The first-order valence-corrected chi connectivity index (χ1v) is 11.3. The lowest BCUT2D eigenvalue weighted by Gasteiger charge is -2.15. The molecule has 0 N–H and O–H groups in total. The van der Waals surface area contributed by atoms with E-state index in [1.165, 1.54) is 10.7 Å². The average Bonchev–Trinajstić information content (AvgIpc) is 2.76. The van der Waals surface area contributed by atoms with E-state index >= 15 is 0 Å². The number of allylic oxidation sites excluding steroid dienone is 1. The standard InChI is InChI=1S/C27H25ClFN3O2/c1-15(2)34-25-13-19(8-9-30-25)10-18(5)26-27(33)21-11-16(3)17(4)12-24(21)32(31-26)23-7-6-20(28)14-22(23)29/h6-15H,1-5H3/b18-10+. The Kier molecular flexibility index (Phi) is 6.53. The number of pyridine rings is 1. The predicted octanol–water partition coefficient (Wildman–Crippen LogP) is 6.54. The molecule has 0 aliphatic heterocycles. The molecular formula is C27H25ClFN3O2. The molecule has 0 atom stereocenters. The molecule has 0 saturated carbocycles. The molecule has 0 fully saturated rings. The highest BCUT2D eigenvalue weighted by atomic mass is 35.5. The molecule has 2 aromatic heterocycles. The van der Waals surface area contributed by atoms with Crippen LogP contribution in [0.1, 0.15) is 43.2 Å². The van der Waals surface area contributed by atoms with Crippen LogP contribution in [0.2, 0.25) is 5.02 Å². The van der Waals surface area contributed by atoms with Gasteiger partial charge < -0.3 is 4.74 Å². The van der Waals surface area contributed by atoms with Crippen molar-refractivity contribution in [3.8, 4) is 11.6 Å². The summed E-state index contributed by atoms with van der Waals surface area (Å²) in [6, 6.07) is 11.7. The van der Waals surface area contributed by atoms with E-state index in [1.807, 2.05) is 58.9 Å². The summed E-state index contributed by atoms with van der Waals surface area (Å²) in [6.07, 6.45) is 3.48. The number of aryl methyl sites for hydroxylation is 2. The zero-order chi connectivity index (χ0) is 24.6. The number of ether oxygens (including phenoxy) is 1. The SMILES string of the molecule is C/C(=C\c1ccnc(OC(C)C)c1)c1nn(-c2ccc(Cl)cc2F)c2cc(C)c(C)cc2c1=O. The molecule has 34 heavy (non-hydrogen) atoms. The fourth-order valence-electron chi connectivity index (χ4n) is 3.72. The van der Waals surface area contributed by atoms with Crippen molar-refractivity contribution in [3.63, 3.8) is 0 Å². The summed E-state index contributed by atoms with van der Waals surface area (Å²) < 4.78 is 22.1. The van der Waals surface area contributed by atoms with Crippen LogP contribution >= 0.6 is 11.6 Å². The van der Waals surface area contributed by atoms with Gasteiger partial charge in [0.1, 0.15) is 17.2 Å². The maximum absolute atomic E-state index is 14.9. The van der Waals surface area contributed by atoms with Gasteiger partial charge in [0.25, 0.3) is 0 Å². The van der Waals surface area contributed by atoms with E-state index in [1.54, 1.807) is 24.4 Å². The number of hydrogen-bond donors (Lipinski definition) is 0. The predicted molar refractivity (Wildman–Crippen MR) is 135 cm³/mol. The first kappa shape index (κ1) is 23.6. The molecule has 0 aliphatic carbocycles. The molecule has 174 valence electrons. The van der Waals surface area contributed by atoms with Crippen LogP contribution in [0.4, 0.5) is 4.39 Å². The smallest absolute Gasteiger partial charge is 0.215 e. The van der Waals surface area contributed by atoms with E-state index in [2.05, 4.69) is 10.1 Å². The van der Waals surface area contributed by atoms with Gasteiger partial charge in [-0.15, -0.1) is 0 Å². The first-order valence-electron chi connectivity index (χ1n) is 10.9. The second kappa shape index (κ2) is 9.39. The largest absolute Gasteiger partial charge is 0.475 e. The van der Waals surface area contributed by atoms with Gasteiger partial charge in [-0.3, -0.25) is 4.79 Å². The number of aromatic nitrogens is 3. The lowest BCUT2D eigenvalue weighted by atomic mass is 10.0. The number of hydrogen-bond acceptors (Lipinski definition) is 4. The molecule has 2 aromatic carbocycles. The van der Waals surface area contributed by atoms with Crippen LogP contribution in [0.3, 0.4) is 0 Å². The van der Waals surface area contributed by atoms with E-state index in [0.717, 1.165) is 16.7 Å². The Bertz CT molecular complexity index is 1490. The zero-order valence-corrected chi connectivity index (χ0v) is 20.4.